The van der Waals surface area contributed by atoms with Gasteiger partial charge in [0, 0.05) is 29.2 Å². The van der Waals surface area contributed by atoms with Gasteiger partial charge in [-0.1, -0.05) is 0 Å². The molecule has 0 unspecified atom stereocenters. The molecule has 1 N–H and O–H groups in total. The van der Waals surface area contributed by atoms with E-state index in [-0.39, 0.29) is 22.5 Å². The molecule has 1 atom stereocenters. The lowest BCUT2D eigenvalue weighted by molar-refractivity contribution is -0.116. The Hall–Kier alpha value is -2.26. The van der Waals surface area contributed by atoms with Crippen LogP contribution in [-0.2, 0) is 21.2 Å². The number of nitrogens with zero attached hydrogens (tertiary/aromatic N) is 1. The summed E-state index contributed by atoms with van der Waals surface area (Å²) in [5, 5.41) is 0. The Morgan fingerprint density at radius 3 is 2.54 bits per heavy atom. The molecule has 0 fully saturated rings. The van der Waals surface area contributed by atoms with Gasteiger partial charge in [0.15, 0.2) is 0 Å². The smallest absolute Gasteiger partial charge is 0.263 e. The summed E-state index contributed by atoms with van der Waals surface area (Å²) in [6.45, 7) is 3.41. The van der Waals surface area contributed by atoms with Crippen molar-refractivity contribution < 1.29 is 22.7 Å². The van der Waals surface area contributed by atoms with Gasteiger partial charge in [0.05, 0.1) is 19.9 Å². The van der Waals surface area contributed by atoms with Gasteiger partial charge in [-0.3, -0.25) is 9.52 Å². The van der Waals surface area contributed by atoms with Gasteiger partial charge in [-0.15, -0.1) is 0 Å². The van der Waals surface area contributed by atoms with E-state index in [2.05, 4.69) is 20.7 Å². The average molecular weight is 469 g/mol. The summed E-state index contributed by atoms with van der Waals surface area (Å²) in [7, 11) is -1.01. The zero-order chi connectivity index (χ0) is 20.6. The van der Waals surface area contributed by atoms with Gasteiger partial charge >= 0.3 is 0 Å². The second-order valence-electron chi connectivity index (χ2n) is 6.53. The van der Waals surface area contributed by atoms with Crippen molar-refractivity contribution in [3.8, 4) is 11.5 Å². The summed E-state index contributed by atoms with van der Waals surface area (Å²) in [6, 6.07) is 8.10. The number of anilines is 2. The van der Waals surface area contributed by atoms with E-state index in [1.54, 1.807) is 29.2 Å². The highest BCUT2D eigenvalue weighted by molar-refractivity contribution is 9.10. The van der Waals surface area contributed by atoms with Gasteiger partial charge in [0.25, 0.3) is 10.0 Å². The number of amides is 1. The van der Waals surface area contributed by atoms with Gasteiger partial charge in [-0.25, -0.2) is 8.42 Å². The van der Waals surface area contributed by atoms with Gasteiger partial charge in [-0.05, 0) is 59.1 Å². The third kappa shape index (κ3) is 3.68. The van der Waals surface area contributed by atoms with Gasteiger partial charge in [0.1, 0.15) is 16.4 Å². The average Bonchev–Trinajstić information content (AvgIpc) is 2.95. The topological polar surface area (TPSA) is 84.9 Å². The molecule has 1 aliphatic heterocycles. The van der Waals surface area contributed by atoms with Crippen molar-refractivity contribution >= 4 is 43.2 Å². The van der Waals surface area contributed by atoms with Crippen LogP contribution >= 0.6 is 15.9 Å². The molecule has 0 radical (unpaired) electrons. The van der Waals surface area contributed by atoms with Crippen molar-refractivity contribution in [2.24, 2.45) is 0 Å². The predicted molar refractivity (Wildman–Crippen MR) is 111 cm³/mol. The van der Waals surface area contributed by atoms with Crippen LogP contribution in [0.5, 0.6) is 11.5 Å². The zero-order valence-electron chi connectivity index (χ0n) is 15.9. The SMILES string of the molecule is COc1ccc(OC)c(NS(=O)(=O)c2cc3c(cc2Br)C[C@@H](C)N3C(C)=O)c1. The molecule has 1 amide bonds. The highest BCUT2D eigenvalue weighted by Gasteiger charge is 2.32. The first kappa shape index (κ1) is 20.5. The summed E-state index contributed by atoms with van der Waals surface area (Å²) in [6.07, 6.45) is 0.672. The maximum absolute atomic E-state index is 13.1. The number of carbonyl (C=O) groups is 1. The second kappa shape index (κ2) is 7.63. The van der Waals surface area contributed by atoms with Crippen LogP contribution in [0.4, 0.5) is 11.4 Å². The van der Waals surface area contributed by atoms with Crippen molar-refractivity contribution in [1.82, 2.24) is 0 Å². The quantitative estimate of drug-likeness (QED) is 0.724. The number of rotatable bonds is 5. The fourth-order valence-electron chi connectivity index (χ4n) is 3.40. The molecule has 3 rings (SSSR count). The number of ether oxygens (including phenoxy) is 2. The Morgan fingerprint density at radius 2 is 1.93 bits per heavy atom. The second-order valence-corrected chi connectivity index (χ2v) is 9.03. The maximum Gasteiger partial charge on any atom is 0.263 e. The number of fused-ring (bicyclic) bond motifs is 1. The van der Waals surface area contributed by atoms with E-state index in [0.717, 1.165) is 5.56 Å². The minimum atomic E-state index is -3.96. The van der Waals surface area contributed by atoms with Crippen LogP contribution in [0.2, 0.25) is 0 Å². The monoisotopic (exact) mass is 468 g/mol. The van der Waals surface area contributed by atoms with Crippen molar-refractivity contribution in [3.63, 3.8) is 0 Å². The minimum Gasteiger partial charge on any atom is -0.497 e. The molecule has 1 aliphatic rings. The van der Waals surface area contributed by atoms with Crippen LogP contribution in [-0.4, -0.2) is 34.6 Å². The van der Waals surface area contributed by atoms with E-state index in [1.165, 1.54) is 27.2 Å². The molecule has 2 aromatic rings. The third-order valence-corrected chi connectivity index (χ3v) is 6.95. The summed E-state index contributed by atoms with van der Waals surface area (Å²) in [5.41, 5.74) is 1.79. The van der Waals surface area contributed by atoms with Gasteiger partial charge in [-0.2, -0.15) is 0 Å². The Labute approximate surface area is 172 Å². The lowest BCUT2D eigenvalue weighted by Gasteiger charge is -2.21. The molecule has 28 heavy (non-hydrogen) atoms. The van der Waals surface area contributed by atoms with E-state index < -0.39 is 10.0 Å². The lowest BCUT2D eigenvalue weighted by Crippen LogP contribution is -2.33. The summed E-state index contributed by atoms with van der Waals surface area (Å²) in [4.78, 5) is 13.7. The third-order valence-electron chi connectivity index (χ3n) is 4.63. The number of halogens is 1. The fraction of sp³-hybridized carbons (Fsp3) is 0.316. The zero-order valence-corrected chi connectivity index (χ0v) is 18.3. The van der Waals surface area contributed by atoms with Crippen LogP contribution in [0.15, 0.2) is 39.7 Å². The molecular weight excluding hydrogens is 448 g/mol. The Balaban J connectivity index is 2.06. The van der Waals surface area contributed by atoms with E-state index in [0.29, 0.717) is 28.1 Å². The number of benzene rings is 2. The molecule has 0 bridgehead atoms. The number of nitrogens with one attached hydrogen (secondary N) is 1. The van der Waals surface area contributed by atoms with Crippen molar-refractivity contribution in [3.05, 3.63) is 40.4 Å². The molecule has 9 heteroatoms. The number of sulfonamides is 1. The van der Waals surface area contributed by atoms with Gasteiger partial charge in [0.2, 0.25) is 5.91 Å². The van der Waals surface area contributed by atoms with Crippen molar-refractivity contribution in [2.45, 2.75) is 31.2 Å². The molecule has 1 heterocycles. The first-order valence-corrected chi connectivity index (χ1v) is 10.8. The van der Waals surface area contributed by atoms with Crippen LogP contribution in [0.1, 0.15) is 19.4 Å². The van der Waals surface area contributed by atoms with Crippen LogP contribution in [0, 0.1) is 0 Å². The highest BCUT2D eigenvalue weighted by atomic mass is 79.9. The summed E-state index contributed by atoms with van der Waals surface area (Å²) >= 11 is 3.36. The van der Waals surface area contributed by atoms with Crippen LogP contribution in [0.3, 0.4) is 0 Å². The largest absolute Gasteiger partial charge is 0.497 e. The van der Waals surface area contributed by atoms with Crippen LogP contribution in [0.25, 0.3) is 0 Å². The number of methoxy groups -OCH3 is 2. The van der Waals surface area contributed by atoms with E-state index in [1.807, 2.05) is 6.92 Å². The molecule has 150 valence electrons. The number of hydrogen-bond donors (Lipinski definition) is 1. The molecular formula is C19H21BrN2O5S. The molecule has 0 saturated heterocycles. The summed E-state index contributed by atoms with van der Waals surface area (Å²) in [5.74, 6) is 0.725. The Morgan fingerprint density at radius 1 is 1.21 bits per heavy atom. The van der Waals surface area contributed by atoms with E-state index in [4.69, 9.17) is 9.47 Å². The van der Waals surface area contributed by atoms with E-state index in [9.17, 15) is 13.2 Å². The Kier molecular flexibility index (Phi) is 5.58. The molecule has 0 aromatic heterocycles. The molecule has 0 saturated carbocycles. The number of carbonyl (C=O) groups excluding carboxylic acids is 1. The first-order valence-electron chi connectivity index (χ1n) is 8.55. The van der Waals surface area contributed by atoms with E-state index >= 15 is 0 Å². The molecule has 7 nitrogen and oxygen atoms in total. The standard InChI is InChI=1S/C19H21BrN2O5S/c1-11-7-13-8-15(20)19(10-17(13)22(11)12(2)23)28(24,25)21-16-9-14(26-3)5-6-18(16)27-4/h5-6,8-11,21H,7H2,1-4H3/t11-/m1/s1. The minimum absolute atomic E-state index is 0.0243. The molecule has 2 aromatic carbocycles. The highest BCUT2D eigenvalue weighted by Crippen LogP contribution is 2.39. The van der Waals surface area contributed by atoms with Crippen molar-refractivity contribution in [2.75, 3.05) is 23.8 Å². The maximum atomic E-state index is 13.1. The fourth-order valence-corrected chi connectivity index (χ4v) is 5.57. The Bertz CT molecular complexity index is 1040. The molecule has 0 spiro atoms. The predicted octanol–water partition coefficient (Wildman–Crippen LogP) is 3.56. The van der Waals surface area contributed by atoms with Crippen LogP contribution < -0.4 is 19.1 Å². The van der Waals surface area contributed by atoms with Crippen molar-refractivity contribution in [1.29, 1.82) is 0 Å². The molecule has 0 aliphatic carbocycles. The lowest BCUT2D eigenvalue weighted by atomic mass is 10.1. The van der Waals surface area contributed by atoms with Gasteiger partial charge < -0.3 is 14.4 Å². The number of hydrogen-bond acceptors (Lipinski definition) is 5. The normalized spacial score (nSPS) is 15.9. The summed E-state index contributed by atoms with van der Waals surface area (Å²) < 4.78 is 39.6. The first-order chi connectivity index (χ1) is 13.2.